The molecule has 0 N–H and O–H groups in total. The van der Waals surface area contributed by atoms with Gasteiger partial charge in [0.25, 0.3) is 0 Å². The van der Waals surface area contributed by atoms with Crippen LogP contribution in [-0.2, 0) is 6.54 Å². The molecule has 0 atom stereocenters. The molecule has 0 aliphatic carbocycles. The second kappa shape index (κ2) is 9.80. The van der Waals surface area contributed by atoms with Crippen LogP contribution in [0.2, 0.25) is 0 Å². The van der Waals surface area contributed by atoms with Crippen molar-refractivity contribution >= 4 is 11.6 Å². The van der Waals surface area contributed by atoms with E-state index in [4.69, 9.17) is 9.47 Å². The molecule has 0 spiro atoms. The molecular weight excluding hydrogens is 422 g/mol. The minimum atomic E-state index is -0.0666. The van der Waals surface area contributed by atoms with Gasteiger partial charge < -0.3 is 26.5 Å². The topological polar surface area (TPSA) is 56.5 Å². The van der Waals surface area contributed by atoms with Gasteiger partial charge in [0.05, 0.1) is 14.2 Å². The average molecular weight is 442 g/mol. The number of nitrogens with zero attached hydrogens (tertiary/aromatic N) is 1. The van der Waals surface area contributed by atoms with Crippen LogP contribution in [-0.4, -0.2) is 25.8 Å². The standard InChI is InChI=1S/C22H20NO4.BrH/c1-26-20-9-8-18(14-21(20)27-2)19(24)15-23-12-10-17(11-13-23)22(25)16-6-4-3-5-7-16;/h3-14H,15H2,1-2H3;1H/q+1;/p-1. The summed E-state index contributed by atoms with van der Waals surface area (Å²) in [7, 11) is 3.08. The van der Waals surface area contributed by atoms with Crippen molar-refractivity contribution < 1.29 is 40.6 Å². The number of methoxy groups -OCH3 is 2. The minimum Gasteiger partial charge on any atom is -1.00 e. The fourth-order valence-electron chi connectivity index (χ4n) is 2.74. The summed E-state index contributed by atoms with van der Waals surface area (Å²) in [5.41, 5.74) is 1.75. The number of carbonyl (C=O) groups is 2. The predicted molar refractivity (Wildman–Crippen MR) is 100 cm³/mol. The number of ketones is 2. The Morgan fingerprint density at radius 2 is 1.39 bits per heavy atom. The lowest BCUT2D eigenvalue weighted by atomic mass is 10.0. The molecule has 6 heteroatoms. The molecule has 28 heavy (non-hydrogen) atoms. The van der Waals surface area contributed by atoms with Crippen molar-refractivity contribution in [3.63, 3.8) is 0 Å². The molecule has 0 amide bonds. The molecule has 0 saturated carbocycles. The van der Waals surface area contributed by atoms with Crippen molar-refractivity contribution in [1.29, 1.82) is 0 Å². The quantitative estimate of drug-likeness (QED) is 0.385. The van der Waals surface area contributed by atoms with Gasteiger partial charge in [-0.05, 0) is 18.2 Å². The van der Waals surface area contributed by atoms with Crippen LogP contribution in [0.5, 0.6) is 11.5 Å². The molecule has 1 heterocycles. The summed E-state index contributed by atoms with van der Waals surface area (Å²) in [6.07, 6.45) is 3.46. The number of benzene rings is 2. The van der Waals surface area contributed by atoms with E-state index in [-0.39, 0.29) is 35.1 Å². The van der Waals surface area contributed by atoms with Gasteiger partial charge in [-0.1, -0.05) is 30.3 Å². The van der Waals surface area contributed by atoms with Crippen molar-refractivity contribution in [2.75, 3.05) is 14.2 Å². The minimum absolute atomic E-state index is 0. The largest absolute Gasteiger partial charge is 1.00 e. The Hall–Kier alpha value is -2.99. The molecule has 0 fully saturated rings. The first-order chi connectivity index (χ1) is 13.1. The third kappa shape index (κ3) is 4.84. The van der Waals surface area contributed by atoms with Gasteiger partial charge in [0.2, 0.25) is 12.3 Å². The Balaban J connectivity index is 0.00000280. The summed E-state index contributed by atoms with van der Waals surface area (Å²) in [5, 5.41) is 0. The molecule has 5 nitrogen and oxygen atoms in total. The SMILES string of the molecule is COc1ccc(C(=O)C[n+]2ccc(C(=O)c3ccccc3)cc2)cc1OC.[Br-]. The normalized spacial score (nSPS) is 9.93. The maximum absolute atomic E-state index is 12.5. The van der Waals surface area contributed by atoms with Gasteiger partial charge in [-0.15, -0.1) is 0 Å². The summed E-state index contributed by atoms with van der Waals surface area (Å²) >= 11 is 0. The van der Waals surface area contributed by atoms with E-state index in [9.17, 15) is 9.59 Å². The zero-order chi connectivity index (χ0) is 19.2. The van der Waals surface area contributed by atoms with E-state index in [0.717, 1.165) is 0 Å². The number of Topliss-reactive ketones (excluding diaryl/α,β-unsaturated/α-hetero) is 1. The first-order valence-corrected chi connectivity index (χ1v) is 8.46. The molecular formula is C22H20BrNO4. The average Bonchev–Trinajstić information content (AvgIpc) is 2.73. The number of aromatic nitrogens is 1. The monoisotopic (exact) mass is 441 g/mol. The van der Waals surface area contributed by atoms with Crippen LogP contribution in [0.3, 0.4) is 0 Å². The zero-order valence-corrected chi connectivity index (χ0v) is 17.2. The molecule has 144 valence electrons. The van der Waals surface area contributed by atoms with Gasteiger partial charge in [0.1, 0.15) is 0 Å². The zero-order valence-electron chi connectivity index (χ0n) is 15.6. The van der Waals surface area contributed by atoms with Gasteiger partial charge in [-0.3, -0.25) is 9.59 Å². The second-order valence-electron chi connectivity index (χ2n) is 5.95. The van der Waals surface area contributed by atoms with Gasteiger partial charge in [0.15, 0.2) is 29.7 Å². The first kappa shape index (κ1) is 21.3. The lowest BCUT2D eigenvalue weighted by Crippen LogP contribution is -3.00. The molecule has 3 rings (SSSR count). The van der Waals surface area contributed by atoms with Crippen molar-refractivity contribution in [2.24, 2.45) is 0 Å². The molecule has 0 radical (unpaired) electrons. The molecule has 2 aromatic carbocycles. The van der Waals surface area contributed by atoms with Crippen LogP contribution in [0.15, 0.2) is 73.1 Å². The third-order valence-corrected chi connectivity index (χ3v) is 4.22. The molecule has 0 aliphatic heterocycles. The summed E-state index contributed by atoms with van der Waals surface area (Å²) < 4.78 is 12.2. The molecule has 0 aliphatic rings. The van der Waals surface area contributed by atoms with Gasteiger partial charge >= 0.3 is 0 Å². The molecule has 0 bridgehead atoms. The lowest BCUT2D eigenvalue weighted by molar-refractivity contribution is -0.683. The van der Waals surface area contributed by atoms with Crippen LogP contribution in [0, 0.1) is 0 Å². The summed E-state index contributed by atoms with van der Waals surface area (Å²) in [6.45, 7) is 0.162. The fraction of sp³-hybridized carbons (Fsp3) is 0.136. The van der Waals surface area contributed by atoms with Crippen LogP contribution in [0.25, 0.3) is 0 Å². The van der Waals surface area contributed by atoms with E-state index in [1.165, 1.54) is 7.11 Å². The number of rotatable bonds is 7. The van der Waals surface area contributed by atoms with Crippen molar-refractivity contribution in [2.45, 2.75) is 6.54 Å². The van der Waals surface area contributed by atoms with E-state index in [2.05, 4.69) is 0 Å². The van der Waals surface area contributed by atoms with Crippen LogP contribution in [0.1, 0.15) is 26.3 Å². The second-order valence-corrected chi connectivity index (χ2v) is 5.95. The van der Waals surface area contributed by atoms with Crippen molar-refractivity contribution in [3.8, 4) is 11.5 Å². The van der Waals surface area contributed by atoms with E-state index in [1.807, 2.05) is 18.2 Å². The predicted octanol–water partition coefficient (Wildman–Crippen LogP) is 0.109. The van der Waals surface area contributed by atoms with Crippen LogP contribution < -0.4 is 31.0 Å². The van der Waals surface area contributed by atoms with Crippen molar-refractivity contribution in [3.05, 3.63) is 89.7 Å². The van der Waals surface area contributed by atoms with Crippen LogP contribution in [0.4, 0.5) is 0 Å². The van der Waals surface area contributed by atoms with E-state index in [0.29, 0.717) is 28.2 Å². The highest BCUT2D eigenvalue weighted by Gasteiger charge is 2.16. The summed E-state index contributed by atoms with van der Waals surface area (Å²) in [4.78, 5) is 25.0. The first-order valence-electron chi connectivity index (χ1n) is 8.46. The number of pyridine rings is 1. The lowest BCUT2D eigenvalue weighted by Gasteiger charge is -2.08. The highest BCUT2D eigenvalue weighted by atomic mass is 79.9. The number of hydrogen-bond acceptors (Lipinski definition) is 4. The maximum atomic E-state index is 12.5. The van der Waals surface area contributed by atoms with Gasteiger partial charge in [0, 0.05) is 28.8 Å². The number of hydrogen-bond donors (Lipinski definition) is 0. The number of carbonyl (C=O) groups excluding carboxylic acids is 2. The Kier molecular flexibility index (Phi) is 7.46. The summed E-state index contributed by atoms with van der Waals surface area (Å²) in [5.74, 6) is 0.972. The highest BCUT2D eigenvalue weighted by molar-refractivity contribution is 6.08. The molecule has 1 aromatic heterocycles. The Bertz CT molecular complexity index is 956. The van der Waals surface area contributed by atoms with E-state index in [1.54, 1.807) is 66.5 Å². The van der Waals surface area contributed by atoms with Gasteiger partial charge in [-0.25, -0.2) is 0 Å². The highest BCUT2D eigenvalue weighted by Crippen LogP contribution is 2.27. The van der Waals surface area contributed by atoms with E-state index >= 15 is 0 Å². The fourth-order valence-corrected chi connectivity index (χ4v) is 2.74. The number of ether oxygens (including phenoxy) is 2. The number of halogens is 1. The maximum Gasteiger partial charge on any atom is 0.227 e. The van der Waals surface area contributed by atoms with Crippen molar-refractivity contribution in [1.82, 2.24) is 0 Å². The molecule has 0 saturated heterocycles. The Morgan fingerprint density at radius 1 is 0.786 bits per heavy atom. The Labute approximate surface area is 174 Å². The molecule has 3 aromatic rings. The Morgan fingerprint density at radius 3 is 2.00 bits per heavy atom. The van der Waals surface area contributed by atoms with Crippen LogP contribution >= 0.6 is 0 Å². The molecule has 0 unspecified atom stereocenters. The van der Waals surface area contributed by atoms with Gasteiger partial charge in [-0.2, -0.15) is 4.57 Å². The summed E-state index contributed by atoms with van der Waals surface area (Å²) in [6, 6.07) is 17.6. The third-order valence-electron chi connectivity index (χ3n) is 4.22. The van der Waals surface area contributed by atoms with E-state index < -0.39 is 0 Å². The smallest absolute Gasteiger partial charge is 0.227 e.